The van der Waals surface area contributed by atoms with Crippen LogP contribution in [0.15, 0.2) is 42.6 Å². The van der Waals surface area contributed by atoms with E-state index < -0.39 is 0 Å². The summed E-state index contributed by atoms with van der Waals surface area (Å²) in [6.45, 7) is 0.548. The van der Waals surface area contributed by atoms with Crippen LogP contribution in [-0.4, -0.2) is 23.9 Å². The van der Waals surface area contributed by atoms with Crippen LogP contribution >= 0.6 is 0 Å². The Morgan fingerprint density at radius 3 is 2.89 bits per heavy atom. The van der Waals surface area contributed by atoms with Gasteiger partial charge in [-0.05, 0) is 29.8 Å². The Kier molecular flexibility index (Phi) is 3.57. The summed E-state index contributed by atoms with van der Waals surface area (Å²) in [5.74, 6) is -0.361. The third-order valence-corrected chi connectivity index (χ3v) is 2.69. The molecule has 0 unspecified atom stereocenters. The molecule has 0 spiro atoms. The molecule has 0 saturated carbocycles. The van der Waals surface area contributed by atoms with Gasteiger partial charge in [0.1, 0.15) is 0 Å². The zero-order chi connectivity index (χ0) is 13.0. The minimum Gasteiger partial charge on any atom is -0.465 e. The van der Waals surface area contributed by atoms with Crippen molar-refractivity contribution in [2.45, 2.75) is 6.54 Å². The monoisotopic (exact) mass is 243 g/mol. The summed E-state index contributed by atoms with van der Waals surface area (Å²) in [5.41, 5.74) is 2.06. The fourth-order valence-electron chi connectivity index (χ4n) is 1.79. The summed E-state index contributed by atoms with van der Waals surface area (Å²) in [5, 5.41) is 0. The molecule has 1 aromatic carbocycles. The smallest absolute Gasteiger partial charge is 0.337 e. The van der Waals surface area contributed by atoms with E-state index in [1.54, 1.807) is 24.3 Å². The Balaban J connectivity index is 2.24. The van der Waals surface area contributed by atoms with Crippen molar-refractivity contribution in [1.82, 2.24) is 4.57 Å². The van der Waals surface area contributed by atoms with Crippen LogP contribution < -0.4 is 0 Å². The van der Waals surface area contributed by atoms with Crippen LogP contribution in [0.25, 0.3) is 0 Å². The molecule has 92 valence electrons. The van der Waals surface area contributed by atoms with Crippen LogP contribution in [-0.2, 0) is 11.3 Å². The summed E-state index contributed by atoms with van der Waals surface area (Å²) in [6, 6.07) is 10.7. The molecule has 0 bridgehead atoms. The molecule has 0 amide bonds. The molecule has 4 nitrogen and oxygen atoms in total. The number of esters is 1. The van der Waals surface area contributed by atoms with Gasteiger partial charge in [-0.15, -0.1) is 0 Å². The molecule has 0 aliphatic rings. The van der Waals surface area contributed by atoms with E-state index in [4.69, 9.17) is 0 Å². The van der Waals surface area contributed by atoms with Gasteiger partial charge >= 0.3 is 5.97 Å². The number of aromatic nitrogens is 1. The lowest BCUT2D eigenvalue weighted by Gasteiger charge is -2.07. The predicted octanol–water partition coefficient (Wildman–Crippen LogP) is 2.14. The Labute approximate surface area is 105 Å². The average molecular weight is 243 g/mol. The van der Waals surface area contributed by atoms with Gasteiger partial charge in [0.05, 0.1) is 18.4 Å². The van der Waals surface area contributed by atoms with Crippen molar-refractivity contribution in [3.8, 4) is 0 Å². The summed E-state index contributed by atoms with van der Waals surface area (Å²) < 4.78 is 6.49. The quantitative estimate of drug-likeness (QED) is 0.610. The second-order valence-corrected chi connectivity index (χ2v) is 3.87. The van der Waals surface area contributed by atoms with Crippen molar-refractivity contribution in [3.63, 3.8) is 0 Å². The number of hydrogen-bond donors (Lipinski definition) is 0. The Morgan fingerprint density at radius 1 is 1.33 bits per heavy atom. The molecule has 18 heavy (non-hydrogen) atoms. The van der Waals surface area contributed by atoms with Crippen LogP contribution in [0.1, 0.15) is 26.4 Å². The molecule has 0 N–H and O–H groups in total. The lowest BCUT2D eigenvalue weighted by molar-refractivity contribution is 0.0600. The van der Waals surface area contributed by atoms with Gasteiger partial charge in [-0.3, -0.25) is 4.79 Å². The molecule has 0 saturated heterocycles. The maximum absolute atomic E-state index is 11.4. The van der Waals surface area contributed by atoms with Gasteiger partial charge in [-0.25, -0.2) is 4.79 Å². The highest BCUT2D eigenvalue weighted by atomic mass is 16.5. The zero-order valence-electron chi connectivity index (χ0n) is 10.00. The van der Waals surface area contributed by atoms with E-state index in [0.717, 1.165) is 11.8 Å². The molecule has 2 aromatic rings. The first-order chi connectivity index (χ1) is 8.74. The molecule has 0 fully saturated rings. The number of methoxy groups -OCH3 is 1. The number of carbonyl (C=O) groups is 2. The van der Waals surface area contributed by atoms with Gasteiger partial charge in [0.15, 0.2) is 6.29 Å². The van der Waals surface area contributed by atoms with Crippen LogP contribution in [0.5, 0.6) is 0 Å². The minimum absolute atomic E-state index is 0.361. The Morgan fingerprint density at radius 2 is 2.17 bits per heavy atom. The first-order valence-corrected chi connectivity index (χ1v) is 5.52. The molecule has 0 atom stereocenters. The molecule has 1 heterocycles. The predicted molar refractivity (Wildman–Crippen MR) is 66.7 cm³/mol. The van der Waals surface area contributed by atoms with E-state index in [-0.39, 0.29) is 5.97 Å². The maximum atomic E-state index is 11.4. The third kappa shape index (κ3) is 2.48. The maximum Gasteiger partial charge on any atom is 0.337 e. The van der Waals surface area contributed by atoms with Gasteiger partial charge in [0.25, 0.3) is 0 Å². The van der Waals surface area contributed by atoms with Gasteiger partial charge in [0.2, 0.25) is 0 Å². The normalized spacial score (nSPS) is 10.1. The molecule has 0 radical (unpaired) electrons. The first kappa shape index (κ1) is 12.1. The molecule has 0 aliphatic carbocycles. The third-order valence-electron chi connectivity index (χ3n) is 2.69. The van der Waals surface area contributed by atoms with E-state index >= 15 is 0 Å². The minimum atomic E-state index is -0.361. The molecular weight excluding hydrogens is 230 g/mol. The van der Waals surface area contributed by atoms with Crippen LogP contribution in [0.3, 0.4) is 0 Å². The number of nitrogens with zero attached hydrogens (tertiary/aromatic N) is 1. The first-order valence-electron chi connectivity index (χ1n) is 5.52. The highest BCUT2D eigenvalue weighted by Crippen LogP contribution is 2.10. The van der Waals surface area contributed by atoms with Gasteiger partial charge in [0, 0.05) is 12.7 Å². The summed E-state index contributed by atoms with van der Waals surface area (Å²) in [7, 11) is 1.35. The van der Waals surface area contributed by atoms with Crippen LogP contribution in [0.2, 0.25) is 0 Å². The SMILES string of the molecule is COC(=O)c1cccc(Cn2cccc2C=O)c1. The Hall–Kier alpha value is -2.36. The topological polar surface area (TPSA) is 48.3 Å². The van der Waals surface area contributed by atoms with Crippen molar-refractivity contribution >= 4 is 12.3 Å². The van der Waals surface area contributed by atoms with Crippen LogP contribution in [0.4, 0.5) is 0 Å². The highest BCUT2D eigenvalue weighted by Gasteiger charge is 2.06. The van der Waals surface area contributed by atoms with Gasteiger partial charge in [-0.2, -0.15) is 0 Å². The van der Waals surface area contributed by atoms with Crippen molar-refractivity contribution < 1.29 is 14.3 Å². The molecule has 2 rings (SSSR count). The average Bonchev–Trinajstić information content (AvgIpc) is 2.85. The van der Waals surface area contributed by atoms with Crippen molar-refractivity contribution in [1.29, 1.82) is 0 Å². The number of ether oxygens (including phenoxy) is 1. The lowest BCUT2D eigenvalue weighted by Crippen LogP contribution is -2.05. The Bertz CT molecular complexity index is 572. The lowest BCUT2D eigenvalue weighted by atomic mass is 10.1. The number of benzene rings is 1. The fourth-order valence-corrected chi connectivity index (χ4v) is 1.79. The second-order valence-electron chi connectivity index (χ2n) is 3.87. The second kappa shape index (κ2) is 5.31. The molecule has 1 aromatic heterocycles. The van der Waals surface area contributed by atoms with E-state index in [2.05, 4.69) is 4.74 Å². The van der Waals surface area contributed by atoms with Crippen molar-refractivity contribution in [2.24, 2.45) is 0 Å². The number of carbonyl (C=O) groups excluding carboxylic acids is 2. The molecule has 4 heteroatoms. The van der Waals surface area contributed by atoms with Crippen molar-refractivity contribution in [2.75, 3.05) is 7.11 Å². The highest BCUT2D eigenvalue weighted by molar-refractivity contribution is 5.89. The largest absolute Gasteiger partial charge is 0.465 e. The summed E-state index contributed by atoms with van der Waals surface area (Å²) in [4.78, 5) is 22.2. The van der Waals surface area contributed by atoms with Gasteiger partial charge in [-0.1, -0.05) is 12.1 Å². The van der Waals surface area contributed by atoms with Gasteiger partial charge < -0.3 is 9.30 Å². The molecule has 0 aliphatic heterocycles. The van der Waals surface area contributed by atoms with E-state index in [1.807, 2.05) is 22.9 Å². The number of hydrogen-bond acceptors (Lipinski definition) is 3. The van der Waals surface area contributed by atoms with Crippen LogP contribution in [0, 0.1) is 0 Å². The number of rotatable bonds is 4. The summed E-state index contributed by atoms with van der Waals surface area (Å²) in [6.07, 6.45) is 2.64. The summed E-state index contributed by atoms with van der Waals surface area (Å²) >= 11 is 0. The van der Waals surface area contributed by atoms with Crippen molar-refractivity contribution in [3.05, 3.63) is 59.4 Å². The number of aldehydes is 1. The standard InChI is InChI=1S/C14H13NO3/c1-18-14(17)12-5-2-4-11(8-12)9-15-7-3-6-13(15)10-16/h2-8,10H,9H2,1H3. The fraction of sp³-hybridized carbons (Fsp3) is 0.143. The van der Waals surface area contributed by atoms with E-state index in [0.29, 0.717) is 17.8 Å². The van der Waals surface area contributed by atoms with E-state index in [9.17, 15) is 9.59 Å². The van der Waals surface area contributed by atoms with E-state index in [1.165, 1.54) is 7.11 Å². The zero-order valence-corrected chi connectivity index (χ0v) is 10.00. The molecular formula is C14H13NO3.